The van der Waals surface area contributed by atoms with Gasteiger partial charge in [0.1, 0.15) is 0 Å². The molecule has 0 aromatic carbocycles. The van der Waals surface area contributed by atoms with Gasteiger partial charge in [-0.05, 0) is 0 Å². The van der Waals surface area contributed by atoms with Gasteiger partial charge in [-0.3, -0.25) is 0 Å². The van der Waals surface area contributed by atoms with Crippen molar-refractivity contribution >= 4 is 18.4 Å². The first-order valence-electron chi connectivity index (χ1n) is 5.09. The minimum absolute atomic E-state index is 0.504. The monoisotopic (exact) mass is 242 g/mol. The molecule has 1 fully saturated rings. The fourth-order valence-electron chi connectivity index (χ4n) is 0.888. The van der Waals surface area contributed by atoms with E-state index in [1.54, 1.807) is 0 Å². The van der Waals surface area contributed by atoms with Gasteiger partial charge in [0.15, 0.2) is 0 Å². The van der Waals surface area contributed by atoms with Crippen molar-refractivity contribution in [3.63, 3.8) is 0 Å². The molecule has 6 heteroatoms. The van der Waals surface area contributed by atoms with E-state index in [1.165, 1.54) is 0 Å². The van der Waals surface area contributed by atoms with Crippen LogP contribution >= 0.6 is 18.4 Å². The number of unbranched alkanes of at least 4 members (excludes halogenated alkanes) is 2. The van der Waals surface area contributed by atoms with Crippen molar-refractivity contribution in [3.8, 4) is 0 Å². The zero-order chi connectivity index (χ0) is 10.5. The van der Waals surface area contributed by atoms with E-state index in [0.29, 0.717) is 13.2 Å². The van der Waals surface area contributed by atoms with Gasteiger partial charge in [0.2, 0.25) is 0 Å². The molecule has 86 valence electrons. The second-order valence-electron chi connectivity index (χ2n) is 3.30. The Morgan fingerprint density at radius 1 is 1.14 bits per heavy atom. The fourth-order valence-corrected chi connectivity index (χ4v) is 4.06. The third kappa shape index (κ3) is 3.65. The molecule has 1 aliphatic heterocycles. The first-order chi connectivity index (χ1) is 6.63. The van der Waals surface area contributed by atoms with E-state index in [0.717, 1.165) is 37.3 Å². The molecule has 0 bridgehead atoms. The van der Waals surface area contributed by atoms with Crippen LogP contribution in [0.4, 0.5) is 0 Å². The van der Waals surface area contributed by atoms with Gasteiger partial charge >= 0.3 is 89.0 Å². The first-order valence-corrected chi connectivity index (χ1v) is 8.38. The fraction of sp³-hybridized carbons (Fsp3) is 1.00. The Labute approximate surface area is 89.5 Å². The van der Waals surface area contributed by atoms with Crippen molar-refractivity contribution in [1.82, 2.24) is 0 Å². The van der Waals surface area contributed by atoms with Gasteiger partial charge in [0, 0.05) is 0 Å². The second kappa shape index (κ2) is 5.10. The number of hydrogen-bond donors (Lipinski definition) is 1. The van der Waals surface area contributed by atoms with Crippen LogP contribution in [-0.2, 0) is 13.0 Å². The molecule has 1 N–H and O–H groups in total. The predicted molar refractivity (Wildman–Crippen MR) is 59.5 cm³/mol. The summed E-state index contributed by atoms with van der Waals surface area (Å²) in [6, 6.07) is 0. The molecule has 0 amide bonds. The summed E-state index contributed by atoms with van der Waals surface area (Å²) in [6.07, 6.45) is 3.90. The minimum atomic E-state index is -3.57. The summed E-state index contributed by atoms with van der Waals surface area (Å²) in [7, 11) is 0. The van der Waals surface area contributed by atoms with Crippen molar-refractivity contribution in [2.45, 2.75) is 39.5 Å². The van der Waals surface area contributed by atoms with E-state index >= 15 is 0 Å². The summed E-state index contributed by atoms with van der Waals surface area (Å²) < 4.78 is 15.6. The van der Waals surface area contributed by atoms with Crippen molar-refractivity contribution in [2.75, 3.05) is 13.2 Å². The summed E-state index contributed by atoms with van der Waals surface area (Å²) in [5.74, 6) is 0. The van der Waals surface area contributed by atoms with E-state index in [9.17, 15) is 4.89 Å². The van der Waals surface area contributed by atoms with Gasteiger partial charge in [0.05, 0.1) is 0 Å². The standard InChI is InChI=1S/C8H19O4PS/c1-3-5-7-10-13(9,12-14-13)11-8-6-4-2/h9H,3-8H2,1-2H3. The SMILES string of the molecule is CCCCOP1(O)(OCCCC)OS1. The Morgan fingerprint density at radius 2 is 1.57 bits per heavy atom. The molecule has 1 heterocycles. The van der Waals surface area contributed by atoms with Crippen LogP contribution in [0.5, 0.6) is 0 Å². The Morgan fingerprint density at radius 3 is 1.86 bits per heavy atom. The average molecular weight is 242 g/mol. The normalized spacial score (nSPS) is 25.2. The van der Waals surface area contributed by atoms with Crippen LogP contribution in [0.1, 0.15) is 39.5 Å². The molecule has 1 aliphatic rings. The van der Waals surface area contributed by atoms with Crippen LogP contribution < -0.4 is 0 Å². The van der Waals surface area contributed by atoms with Crippen LogP contribution in [0.3, 0.4) is 0 Å². The predicted octanol–water partition coefficient (Wildman–Crippen LogP) is 3.42. The topological polar surface area (TPSA) is 51.2 Å². The van der Waals surface area contributed by atoms with Gasteiger partial charge in [-0.1, -0.05) is 0 Å². The third-order valence-electron chi connectivity index (χ3n) is 1.87. The molecular formula is C8H19O4PS. The Balaban J connectivity index is 2.22. The van der Waals surface area contributed by atoms with Crippen LogP contribution in [0, 0.1) is 0 Å². The molecule has 1 saturated heterocycles. The Hall–Kier alpha value is 0.620. The zero-order valence-corrected chi connectivity index (χ0v) is 10.5. The van der Waals surface area contributed by atoms with E-state index < -0.39 is 6.71 Å². The third-order valence-corrected chi connectivity index (χ3v) is 5.84. The molecule has 0 saturated carbocycles. The van der Waals surface area contributed by atoms with Gasteiger partial charge < -0.3 is 0 Å². The van der Waals surface area contributed by atoms with Crippen molar-refractivity contribution in [2.24, 2.45) is 0 Å². The molecule has 1 rings (SSSR count). The van der Waals surface area contributed by atoms with Gasteiger partial charge in [-0.25, -0.2) is 0 Å². The van der Waals surface area contributed by atoms with E-state index in [4.69, 9.17) is 13.0 Å². The van der Waals surface area contributed by atoms with Crippen molar-refractivity contribution in [1.29, 1.82) is 0 Å². The van der Waals surface area contributed by atoms with Crippen LogP contribution in [-0.4, -0.2) is 18.1 Å². The number of hydrogen-bond acceptors (Lipinski definition) is 5. The molecule has 0 aromatic heterocycles. The van der Waals surface area contributed by atoms with E-state index in [1.807, 2.05) is 0 Å². The molecule has 0 radical (unpaired) electrons. The molecular weight excluding hydrogens is 223 g/mol. The van der Waals surface area contributed by atoms with Gasteiger partial charge in [0.25, 0.3) is 0 Å². The Bertz CT molecular complexity index is 172. The van der Waals surface area contributed by atoms with Gasteiger partial charge in [-0.15, -0.1) is 0 Å². The second-order valence-corrected chi connectivity index (χ2v) is 8.38. The molecule has 0 aliphatic carbocycles. The molecule has 0 unspecified atom stereocenters. The number of rotatable bonds is 8. The maximum atomic E-state index is 9.97. The summed E-state index contributed by atoms with van der Waals surface area (Å²) in [6.45, 7) is 1.57. The molecule has 0 spiro atoms. The van der Waals surface area contributed by atoms with Crippen LogP contribution in [0.15, 0.2) is 0 Å². The average Bonchev–Trinajstić information content (AvgIpc) is 2.82. The van der Waals surface area contributed by atoms with Crippen molar-refractivity contribution in [3.05, 3.63) is 0 Å². The van der Waals surface area contributed by atoms with Crippen LogP contribution in [0.2, 0.25) is 0 Å². The van der Waals surface area contributed by atoms with Gasteiger partial charge in [-0.2, -0.15) is 0 Å². The summed E-state index contributed by atoms with van der Waals surface area (Å²) in [4.78, 5) is 9.97. The Kier molecular flexibility index (Phi) is 4.62. The molecule has 4 nitrogen and oxygen atoms in total. The van der Waals surface area contributed by atoms with E-state index in [2.05, 4.69) is 13.8 Å². The molecule has 0 aromatic rings. The van der Waals surface area contributed by atoms with E-state index in [-0.39, 0.29) is 0 Å². The molecule has 0 atom stereocenters. The molecule has 14 heavy (non-hydrogen) atoms. The zero-order valence-electron chi connectivity index (χ0n) is 8.77. The summed E-state index contributed by atoms with van der Waals surface area (Å²) in [5.41, 5.74) is 0. The quantitative estimate of drug-likeness (QED) is 0.306. The first kappa shape index (κ1) is 12.7. The maximum absolute atomic E-state index is 9.97. The summed E-state index contributed by atoms with van der Waals surface area (Å²) in [5, 5.41) is 0. The van der Waals surface area contributed by atoms with Crippen LogP contribution in [0.25, 0.3) is 0 Å². The summed E-state index contributed by atoms with van der Waals surface area (Å²) >= 11 is 0.961. The van der Waals surface area contributed by atoms with Crippen molar-refractivity contribution < 1.29 is 17.9 Å².